The summed E-state index contributed by atoms with van der Waals surface area (Å²) in [6.07, 6.45) is 2.53. The van der Waals surface area contributed by atoms with E-state index in [2.05, 4.69) is 15.0 Å². The van der Waals surface area contributed by atoms with Gasteiger partial charge in [-0.15, -0.1) is 11.3 Å². The fourth-order valence-corrected chi connectivity index (χ4v) is 2.86. The summed E-state index contributed by atoms with van der Waals surface area (Å²) in [4.78, 5) is 7.72. The van der Waals surface area contributed by atoms with E-state index in [4.69, 9.17) is 10.3 Å². The van der Waals surface area contributed by atoms with Crippen molar-refractivity contribution in [3.05, 3.63) is 23.3 Å². The molecule has 1 aliphatic rings. The topological polar surface area (TPSA) is 68.2 Å². The zero-order chi connectivity index (χ0) is 12.4. The second-order valence-electron chi connectivity index (χ2n) is 4.55. The standard InChI is InChI=1S/C12H16N4OS/c13-9(8-16-5-1-2-6-16)11-14-12(17-15-11)10-4-3-7-18-10/h3-4,7,9H,1-2,5-6,8,13H2. The van der Waals surface area contributed by atoms with Gasteiger partial charge in [0.05, 0.1) is 10.9 Å². The molecule has 18 heavy (non-hydrogen) atoms. The summed E-state index contributed by atoms with van der Waals surface area (Å²) in [7, 11) is 0. The largest absolute Gasteiger partial charge is 0.333 e. The second-order valence-corrected chi connectivity index (χ2v) is 5.50. The minimum Gasteiger partial charge on any atom is -0.333 e. The van der Waals surface area contributed by atoms with Gasteiger partial charge >= 0.3 is 0 Å². The highest BCUT2D eigenvalue weighted by atomic mass is 32.1. The maximum atomic E-state index is 6.12. The van der Waals surface area contributed by atoms with Crippen LogP contribution in [0.1, 0.15) is 24.7 Å². The summed E-state index contributed by atoms with van der Waals surface area (Å²) in [5.41, 5.74) is 6.12. The first-order valence-electron chi connectivity index (χ1n) is 6.18. The molecule has 0 bridgehead atoms. The molecule has 0 aromatic carbocycles. The first-order chi connectivity index (χ1) is 8.83. The van der Waals surface area contributed by atoms with E-state index >= 15 is 0 Å². The second kappa shape index (κ2) is 5.17. The average molecular weight is 264 g/mol. The van der Waals surface area contributed by atoms with Gasteiger partial charge in [-0.2, -0.15) is 4.98 Å². The van der Waals surface area contributed by atoms with Crippen LogP contribution >= 0.6 is 11.3 Å². The van der Waals surface area contributed by atoms with Crippen molar-refractivity contribution in [2.45, 2.75) is 18.9 Å². The summed E-state index contributed by atoms with van der Waals surface area (Å²) >= 11 is 1.59. The van der Waals surface area contributed by atoms with Crippen molar-refractivity contribution in [1.82, 2.24) is 15.0 Å². The predicted molar refractivity (Wildman–Crippen MR) is 70.2 cm³/mol. The minimum atomic E-state index is -0.166. The molecule has 3 heterocycles. The highest BCUT2D eigenvalue weighted by Gasteiger charge is 2.20. The fourth-order valence-electron chi connectivity index (χ4n) is 2.21. The molecule has 0 amide bonds. The Kier molecular flexibility index (Phi) is 3.40. The molecule has 2 aromatic heterocycles. The van der Waals surface area contributed by atoms with Crippen LogP contribution in [0.5, 0.6) is 0 Å². The highest BCUT2D eigenvalue weighted by Crippen LogP contribution is 2.23. The molecular formula is C12H16N4OS. The van der Waals surface area contributed by atoms with E-state index in [1.807, 2.05) is 17.5 Å². The molecule has 1 aliphatic heterocycles. The van der Waals surface area contributed by atoms with Gasteiger partial charge in [-0.3, -0.25) is 0 Å². The molecule has 3 rings (SSSR count). The average Bonchev–Trinajstić information content (AvgIpc) is 3.11. The Hall–Kier alpha value is -1.24. The van der Waals surface area contributed by atoms with Gasteiger partial charge in [-0.05, 0) is 37.4 Å². The number of hydrogen-bond acceptors (Lipinski definition) is 6. The van der Waals surface area contributed by atoms with E-state index in [1.165, 1.54) is 12.8 Å². The molecule has 0 aliphatic carbocycles. The molecule has 0 spiro atoms. The van der Waals surface area contributed by atoms with E-state index in [1.54, 1.807) is 11.3 Å². The molecule has 0 saturated carbocycles. The third-order valence-electron chi connectivity index (χ3n) is 3.16. The quantitative estimate of drug-likeness (QED) is 0.913. The molecule has 1 saturated heterocycles. The van der Waals surface area contributed by atoms with E-state index in [0.717, 1.165) is 24.5 Å². The maximum Gasteiger partial charge on any atom is 0.268 e. The van der Waals surface area contributed by atoms with Crippen LogP contribution in [0.15, 0.2) is 22.0 Å². The molecular weight excluding hydrogens is 248 g/mol. The molecule has 2 N–H and O–H groups in total. The van der Waals surface area contributed by atoms with Gasteiger partial charge < -0.3 is 15.2 Å². The molecule has 6 heteroatoms. The van der Waals surface area contributed by atoms with Gasteiger partial charge in [0, 0.05) is 6.54 Å². The van der Waals surface area contributed by atoms with E-state index < -0.39 is 0 Å². The number of nitrogens with zero attached hydrogens (tertiary/aromatic N) is 3. The summed E-state index contributed by atoms with van der Waals surface area (Å²) in [5.74, 6) is 1.17. The van der Waals surface area contributed by atoms with Crippen molar-refractivity contribution >= 4 is 11.3 Å². The molecule has 0 radical (unpaired) electrons. The first kappa shape index (κ1) is 11.8. The van der Waals surface area contributed by atoms with Crippen LogP contribution in [0.2, 0.25) is 0 Å². The molecule has 1 unspecified atom stereocenters. The molecule has 5 nitrogen and oxygen atoms in total. The van der Waals surface area contributed by atoms with Crippen LogP contribution < -0.4 is 5.73 Å². The van der Waals surface area contributed by atoms with Gasteiger partial charge in [0.15, 0.2) is 5.82 Å². The van der Waals surface area contributed by atoms with Gasteiger partial charge in [-0.1, -0.05) is 11.2 Å². The van der Waals surface area contributed by atoms with Crippen LogP contribution in [-0.2, 0) is 0 Å². The third kappa shape index (κ3) is 2.45. The number of aromatic nitrogens is 2. The van der Waals surface area contributed by atoms with Crippen molar-refractivity contribution in [2.75, 3.05) is 19.6 Å². The SMILES string of the molecule is NC(CN1CCCC1)c1noc(-c2cccs2)n1. The smallest absolute Gasteiger partial charge is 0.268 e. The third-order valence-corrected chi connectivity index (χ3v) is 4.02. The monoisotopic (exact) mass is 264 g/mol. The van der Waals surface area contributed by atoms with Crippen molar-refractivity contribution in [3.63, 3.8) is 0 Å². The Morgan fingerprint density at radius 1 is 1.44 bits per heavy atom. The zero-order valence-electron chi connectivity index (χ0n) is 10.1. The molecule has 96 valence electrons. The normalized spacial score (nSPS) is 18.3. The summed E-state index contributed by atoms with van der Waals surface area (Å²) in [6, 6.07) is 3.77. The minimum absolute atomic E-state index is 0.166. The lowest BCUT2D eigenvalue weighted by atomic mass is 10.3. The lowest BCUT2D eigenvalue weighted by Gasteiger charge is -2.17. The number of hydrogen-bond donors (Lipinski definition) is 1. The Morgan fingerprint density at radius 3 is 3.00 bits per heavy atom. The number of rotatable bonds is 4. The van der Waals surface area contributed by atoms with Gasteiger partial charge in [0.25, 0.3) is 5.89 Å². The van der Waals surface area contributed by atoms with E-state index in [0.29, 0.717) is 11.7 Å². The van der Waals surface area contributed by atoms with Crippen LogP contribution in [0.4, 0.5) is 0 Å². The Bertz CT molecular complexity index is 490. The Labute approximate surface area is 110 Å². The first-order valence-corrected chi connectivity index (χ1v) is 7.06. The van der Waals surface area contributed by atoms with Crippen LogP contribution in [-0.4, -0.2) is 34.7 Å². The Balaban J connectivity index is 1.68. The summed E-state index contributed by atoms with van der Waals surface area (Å²) < 4.78 is 5.25. The van der Waals surface area contributed by atoms with Crippen LogP contribution in [0.3, 0.4) is 0 Å². The predicted octanol–water partition coefficient (Wildman–Crippen LogP) is 1.89. The summed E-state index contributed by atoms with van der Waals surface area (Å²) in [6.45, 7) is 3.07. The van der Waals surface area contributed by atoms with Crippen LogP contribution in [0, 0.1) is 0 Å². The van der Waals surface area contributed by atoms with Crippen molar-refractivity contribution < 1.29 is 4.52 Å². The van der Waals surface area contributed by atoms with E-state index in [-0.39, 0.29) is 6.04 Å². The Morgan fingerprint density at radius 2 is 2.28 bits per heavy atom. The number of thiophene rings is 1. The molecule has 1 fully saturated rings. The number of nitrogens with two attached hydrogens (primary N) is 1. The maximum absolute atomic E-state index is 6.12. The lowest BCUT2D eigenvalue weighted by Crippen LogP contribution is -2.30. The zero-order valence-corrected chi connectivity index (χ0v) is 10.9. The molecule has 2 aromatic rings. The fraction of sp³-hybridized carbons (Fsp3) is 0.500. The molecule has 1 atom stereocenters. The lowest BCUT2D eigenvalue weighted by molar-refractivity contribution is 0.306. The van der Waals surface area contributed by atoms with Crippen molar-refractivity contribution in [1.29, 1.82) is 0 Å². The van der Waals surface area contributed by atoms with E-state index in [9.17, 15) is 0 Å². The highest BCUT2D eigenvalue weighted by molar-refractivity contribution is 7.13. The van der Waals surface area contributed by atoms with Crippen LogP contribution in [0.25, 0.3) is 10.8 Å². The van der Waals surface area contributed by atoms with Gasteiger partial charge in [0.1, 0.15) is 0 Å². The van der Waals surface area contributed by atoms with Gasteiger partial charge in [0.2, 0.25) is 0 Å². The number of likely N-dealkylation sites (tertiary alicyclic amines) is 1. The van der Waals surface area contributed by atoms with Crippen molar-refractivity contribution in [3.8, 4) is 10.8 Å². The summed E-state index contributed by atoms with van der Waals surface area (Å²) in [5, 5.41) is 5.97. The van der Waals surface area contributed by atoms with Crippen molar-refractivity contribution in [2.24, 2.45) is 5.73 Å². The van der Waals surface area contributed by atoms with Gasteiger partial charge in [-0.25, -0.2) is 0 Å².